The Bertz CT molecular complexity index is 561. The van der Waals surface area contributed by atoms with E-state index in [1.165, 1.54) is 19.1 Å². The average molecular weight is 267 g/mol. The van der Waals surface area contributed by atoms with Gasteiger partial charge in [0.05, 0.1) is 5.38 Å². The molecule has 1 unspecified atom stereocenters. The van der Waals surface area contributed by atoms with Gasteiger partial charge in [-0.05, 0) is 37.1 Å². The Kier molecular flexibility index (Phi) is 3.67. The summed E-state index contributed by atoms with van der Waals surface area (Å²) in [5.74, 6) is -0.918. The number of hydrogen-bond acceptors (Lipinski definition) is 0. The molecule has 0 saturated heterocycles. The van der Waals surface area contributed by atoms with Crippen LogP contribution in [0.15, 0.2) is 36.4 Å². The fourth-order valence-electron chi connectivity index (χ4n) is 1.77. The summed E-state index contributed by atoms with van der Waals surface area (Å²) >= 11 is 6.21. The molecule has 0 bridgehead atoms. The Morgan fingerprint density at radius 2 is 1.56 bits per heavy atom. The minimum Gasteiger partial charge on any atom is -0.207 e. The van der Waals surface area contributed by atoms with Gasteiger partial charge in [0.15, 0.2) is 0 Å². The minimum absolute atomic E-state index is 0.170. The van der Waals surface area contributed by atoms with Crippen molar-refractivity contribution in [3.05, 3.63) is 70.3 Å². The predicted molar refractivity (Wildman–Crippen MR) is 70.0 cm³/mol. The van der Waals surface area contributed by atoms with Crippen molar-refractivity contribution < 1.29 is 8.78 Å². The van der Waals surface area contributed by atoms with Gasteiger partial charge in [0, 0.05) is 5.56 Å². The van der Waals surface area contributed by atoms with Crippen molar-refractivity contribution in [1.29, 1.82) is 0 Å². The molecule has 2 aromatic rings. The van der Waals surface area contributed by atoms with E-state index in [0.29, 0.717) is 0 Å². The number of aryl methyl sites for hydroxylation is 2. The third-order valence-electron chi connectivity index (χ3n) is 2.92. The number of hydrogen-bond donors (Lipinski definition) is 0. The van der Waals surface area contributed by atoms with Crippen molar-refractivity contribution in [3.8, 4) is 0 Å². The smallest absolute Gasteiger partial charge is 0.128 e. The molecule has 0 saturated carbocycles. The predicted octanol–water partition coefficient (Wildman–Crippen LogP) is 4.91. The molecule has 0 amide bonds. The van der Waals surface area contributed by atoms with Gasteiger partial charge in [-0.25, -0.2) is 8.78 Å². The van der Waals surface area contributed by atoms with E-state index < -0.39 is 17.0 Å². The first-order valence-electron chi connectivity index (χ1n) is 5.65. The molecule has 0 spiro atoms. The van der Waals surface area contributed by atoms with E-state index >= 15 is 0 Å². The second-order valence-electron chi connectivity index (χ2n) is 4.40. The zero-order valence-corrected chi connectivity index (χ0v) is 10.9. The number of halogens is 3. The molecule has 2 rings (SSSR count). The van der Waals surface area contributed by atoms with E-state index in [-0.39, 0.29) is 11.1 Å². The molecule has 0 aliphatic heterocycles. The summed E-state index contributed by atoms with van der Waals surface area (Å²) in [7, 11) is 0. The molecule has 0 N–H and O–H groups in total. The van der Waals surface area contributed by atoms with Crippen molar-refractivity contribution in [3.63, 3.8) is 0 Å². The van der Waals surface area contributed by atoms with E-state index in [1.807, 2.05) is 31.2 Å². The lowest BCUT2D eigenvalue weighted by molar-refractivity contribution is 0.580. The first-order valence-corrected chi connectivity index (χ1v) is 6.09. The summed E-state index contributed by atoms with van der Waals surface area (Å²) in [6.45, 7) is 3.48. The molecule has 2 aromatic carbocycles. The van der Waals surface area contributed by atoms with Gasteiger partial charge in [0.2, 0.25) is 0 Å². The molecule has 0 fully saturated rings. The van der Waals surface area contributed by atoms with Crippen molar-refractivity contribution in [1.82, 2.24) is 0 Å². The molecule has 0 heterocycles. The van der Waals surface area contributed by atoms with Crippen LogP contribution in [0.4, 0.5) is 8.78 Å². The molecule has 94 valence electrons. The molecular weight excluding hydrogens is 254 g/mol. The Balaban J connectivity index is 2.42. The topological polar surface area (TPSA) is 0 Å². The van der Waals surface area contributed by atoms with Crippen molar-refractivity contribution in [2.24, 2.45) is 0 Å². The standard InChI is InChI=1S/C15H13ClF2/c1-9-3-5-11(6-4-9)15(16)12-8-13(17)10(2)7-14(12)18/h3-8,15H,1-2H3. The summed E-state index contributed by atoms with van der Waals surface area (Å²) in [4.78, 5) is 0. The van der Waals surface area contributed by atoms with Gasteiger partial charge >= 0.3 is 0 Å². The summed E-state index contributed by atoms with van der Waals surface area (Å²) in [5.41, 5.74) is 2.30. The van der Waals surface area contributed by atoms with Crippen molar-refractivity contribution >= 4 is 11.6 Å². The van der Waals surface area contributed by atoms with Crippen LogP contribution in [0.25, 0.3) is 0 Å². The van der Waals surface area contributed by atoms with E-state index in [9.17, 15) is 8.78 Å². The first kappa shape index (κ1) is 13.0. The van der Waals surface area contributed by atoms with Gasteiger partial charge in [-0.2, -0.15) is 0 Å². The molecule has 0 aliphatic carbocycles. The second-order valence-corrected chi connectivity index (χ2v) is 4.83. The highest BCUT2D eigenvalue weighted by Crippen LogP contribution is 2.31. The minimum atomic E-state index is -0.680. The highest BCUT2D eigenvalue weighted by Gasteiger charge is 2.17. The summed E-state index contributed by atoms with van der Waals surface area (Å²) in [6, 6.07) is 9.78. The van der Waals surface area contributed by atoms with Crippen LogP contribution in [-0.2, 0) is 0 Å². The average Bonchev–Trinajstić information content (AvgIpc) is 2.34. The van der Waals surface area contributed by atoms with E-state index in [2.05, 4.69) is 0 Å². The van der Waals surface area contributed by atoms with Gasteiger partial charge in [-0.15, -0.1) is 11.6 Å². The van der Waals surface area contributed by atoms with Crippen molar-refractivity contribution in [2.75, 3.05) is 0 Å². The van der Waals surface area contributed by atoms with E-state index in [1.54, 1.807) is 0 Å². The highest BCUT2D eigenvalue weighted by atomic mass is 35.5. The third kappa shape index (κ3) is 2.54. The van der Waals surface area contributed by atoms with E-state index in [0.717, 1.165) is 11.1 Å². The van der Waals surface area contributed by atoms with Crippen LogP contribution in [0.3, 0.4) is 0 Å². The molecule has 0 nitrogen and oxygen atoms in total. The summed E-state index contributed by atoms with van der Waals surface area (Å²) in [5, 5.41) is -0.680. The molecule has 0 radical (unpaired) electrons. The third-order valence-corrected chi connectivity index (χ3v) is 3.41. The lowest BCUT2D eigenvalue weighted by Crippen LogP contribution is -1.99. The maximum atomic E-state index is 13.8. The maximum absolute atomic E-state index is 13.8. The lowest BCUT2D eigenvalue weighted by atomic mass is 10.0. The number of benzene rings is 2. The zero-order valence-electron chi connectivity index (χ0n) is 10.2. The van der Waals surface area contributed by atoms with Crippen LogP contribution in [0.2, 0.25) is 0 Å². The lowest BCUT2D eigenvalue weighted by Gasteiger charge is -2.12. The molecule has 0 aliphatic rings. The maximum Gasteiger partial charge on any atom is 0.128 e. The largest absolute Gasteiger partial charge is 0.207 e. The van der Waals surface area contributed by atoms with Gasteiger partial charge in [0.25, 0.3) is 0 Å². The van der Waals surface area contributed by atoms with Gasteiger partial charge in [0.1, 0.15) is 11.6 Å². The Morgan fingerprint density at radius 3 is 2.17 bits per heavy atom. The Hall–Kier alpha value is -1.41. The van der Waals surface area contributed by atoms with Crippen molar-refractivity contribution in [2.45, 2.75) is 19.2 Å². The van der Waals surface area contributed by atoms with Crippen LogP contribution < -0.4 is 0 Å². The molecule has 18 heavy (non-hydrogen) atoms. The SMILES string of the molecule is Cc1ccc(C(Cl)c2cc(F)c(C)cc2F)cc1. The monoisotopic (exact) mass is 266 g/mol. The number of rotatable bonds is 2. The Labute approximate surface area is 110 Å². The fourth-order valence-corrected chi connectivity index (χ4v) is 2.08. The van der Waals surface area contributed by atoms with Crippen LogP contribution in [0.1, 0.15) is 27.6 Å². The summed E-state index contributed by atoms with van der Waals surface area (Å²) in [6.07, 6.45) is 0. The zero-order chi connectivity index (χ0) is 13.3. The molecular formula is C15H13ClF2. The van der Waals surface area contributed by atoms with Gasteiger partial charge < -0.3 is 0 Å². The van der Waals surface area contributed by atoms with Crippen LogP contribution in [0, 0.1) is 25.5 Å². The molecule has 1 atom stereocenters. The second kappa shape index (κ2) is 5.07. The molecule has 0 aromatic heterocycles. The summed E-state index contributed by atoms with van der Waals surface area (Å²) < 4.78 is 27.3. The van der Waals surface area contributed by atoms with Gasteiger partial charge in [-0.3, -0.25) is 0 Å². The quantitative estimate of drug-likeness (QED) is 0.678. The van der Waals surface area contributed by atoms with Crippen LogP contribution in [-0.4, -0.2) is 0 Å². The highest BCUT2D eigenvalue weighted by molar-refractivity contribution is 6.22. The van der Waals surface area contributed by atoms with Gasteiger partial charge in [-0.1, -0.05) is 29.8 Å². The fraction of sp³-hybridized carbons (Fsp3) is 0.200. The van der Waals surface area contributed by atoms with Crippen LogP contribution in [0.5, 0.6) is 0 Å². The molecule has 3 heteroatoms. The normalized spacial score (nSPS) is 12.5. The Morgan fingerprint density at radius 1 is 0.944 bits per heavy atom. The number of alkyl halides is 1. The van der Waals surface area contributed by atoms with Crippen LogP contribution >= 0.6 is 11.6 Å². The first-order chi connectivity index (χ1) is 8.49. The van der Waals surface area contributed by atoms with E-state index in [4.69, 9.17) is 11.6 Å².